The molecule has 1 aliphatic rings. The number of rotatable bonds is 9. The largest absolute Gasteiger partial charge is 0.410 e. The SMILES string of the molecule is CCn1nccc1C(=O)NCC=O.CNc1cc(C(COC)N2CC(C(F)(F)F)NC2=O)ccn1.Clc1ccccc1. The summed E-state index contributed by atoms with van der Waals surface area (Å²) in [5.41, 5.74) is 1.13. The quantitative estimate of drug-likeness (QED) is 0.313. The van der Waals surface area contributed by atoms with Crippen LogP contribution in [0.15, 0.2) is 60.9 Å². The van der Waals surface area contributed by atoms with Crippen molar-refractivity contribution >= 4 is 35.6 Å². The molecule has 1 aromatic carbocycles. The molecule has 0 radical (unpaired) electrons. The number of ether oxygens (including phenoxy) is 1. The maximum Gasteiger partial charge on any atom is 0.410 e. The number of nitrogens with zero attached hydrogens (tertiary/aromatic N) is 4. The highest BCUT2D eigenvalue weighted by Crippen LogP contribution is 2.30. The summed E-state index contributed by atoms with van der Waals surface area (Å²) in [7, 11) is 3.11. The summed E-state index contributed by atoms with van der Waals surface area (Å²) in [4.78, 5) is 38.4. The molecule has 3 amide bonds. The molecule has 2 unspecified atom stereocenters. The van der Waals surface area contributed by atoms with Crippen molar-refractivity contribution in [2.75, 3.05) is 39.2 Å². The number of amides is 3. The van der Waals surface area contributed by atoms with Crippen molar-refractivity contribution in [3.05, 3.63) is 77.2 Å². The van der Waals surface area contributed by atoms with Crippen LogP contribution in [0.2, 0.25) is 5.02 Å². The summed E-state index contributed by atoms with van der Waals surface area (Å²) in [6, 6.07) is 11.1. The summed E-state index contributed by atoms with van der Waals surface area (Å²) in [5, 5.41) is 12.0. The van der Waals surface area contributed by atoms with E-state index in [0.29, 0.717) is 29.9 Å². The van der Waals surface area contributed by atoms with Crippen LogP contribution in [0.4, 0.5) is 23.8 Å². The molecule has 0 aliphatic carbocycles. The van der Waals surface area contributed by atoms with Crippen molar-refractivity contribution in [2.45, 2.75) is 31.7 Å². The van der Waals surface area contributed by atoms with Crippen LogP contribution in [0.1, 0.15) is 29.0 Å². The number of aldehydes is 1. The average Bonchev–Trinajstić information content (AvgIpc) is 3.62. The summed E-state index contributed by atoms with van der Waals surface area (Å²) < 4.78 is 45.0. The Morgan fingerprint density at radius 2 is 1.95 bits per heavy atom. The average molecular weight is 612 g/mol. The minimum atomic E-state index is -4.48. The van der Waals surface area contributed by atoms with Gasteiger partial charge in [0, 0.05) is 38.1 Å². The molecule has 3 heterocycles. The molecular weight excluding hydrogens is 579 g/mol. The molecule has 1 saturated heterocycles. The number of carbonyl (C=O) groups excluding carboxylic acids is 3. The zero-order valence-electron chi connectivity index (χ0n) is 23.3. The Labute approximate surface area is 246 Å². The second-order valence-electron chi connectivity index (χ2n) is 8.60. The second-order valence-corrected chi connectivity index (χ2v) is 9.03. The lowest BCUT2D eigenvalue weighted by Crippen LogP contribution is -2.40. The summed E-state index contributed by atoms with van der Waals surface area (Å²) in [5.74, 6) is 0.289. The number of anilines is 1. The zero-order chi connectivity index (χ0) is 31.1. The van der Waals surface area contributed by atoms with Crippen molar-refractivity contribution in [1.82, 2.24) is 30.3 Å². The van der Waals surface area contributed by atoms with Crippen molar-refractivity contribution in [2.24, 2.45) is 0 Å². The number of benzene rings is 1. The van der Waals surface area contributed by atoms with E-state index in [1.54, 1.807) is 36.1 Å². The van der Waals surface area contributed by atoms with Gasteiger partial charge in [-0.15, -0.1) is 0 Å². The maximum absolute atomic E-state index is 12.8. The normalized spacial score (nSPS) is 14.9. The molecule has 228 valence electrons. The van der Waals surface area contributed by atoms with E-state index in [1.165, 1.54) is 13.3 Å². The third-order valence-corrected chi connectivity index (χ3v) is 6.04. The van der Waals surface area contributed by atoms with Crippen LogP contribution >= 0.6 is 11.6 Å². The molecule has 15 heteroatoms. The Morgan fingerprint density at radius 3 is 2.48 bits per heavy atom. The smallest absolute Gasteiger partial charge is 0.382 e. The fraction of sp³-hybridized carbons (Fsp3) is 0.370. The molecule has 2 atom stereocenters. The molecule has 3 N–H and O–H groups in total. The number of alkyl halides is 3. The van der Waals surface area contributed by atoms with Crippen molar-refractivity contribution < 1.29 is 32.3 Å². The van der Waals surface area contributed by atoms with Gasteiger partial charge in [0.2, 0.25) is 0 Å². The highest BCUT2D eigenvalue weighted by Gasteiger charge is 2.48. The topological polar surface area (TPSA) is 130 Å². The molecule has 11 nitrogen and oxygen atoms in total. The van der Waals surface area contributed by atoms with Gasteiger partial charge in [-0.25, -0.2) is 9.78 Å². The van der Waals surface area contributed by atoms with E-state index in [9.17, 15) is 27.6 Å². The Morgan fingerprint density at radius 1 is 1.24 bits per heavy atom. The summed E-state index contributed by atoms with van der Waals surface area (Å²) in [6.07, 6.45) is -0.751. The van der Waals surface area contributed by atoms with Gasteiger partial charge in [-0.3, -0.25) is 9.48 Å². The van der Waals surface area contributed by atoms with Gasteiger partial charge in [0.15, 0.2) is 0 Å². The van der Waals surface area contributed by atoms with E-state index >= 15 is 0 Å². The number of pyridine rings is 1. The lowest BCUT2D eigenvalue weighted by atomic mass is 10.1. The van der Waals surface area contributed by atoms with Crippen molar-refractivity contribution in [1.29, 1.82) is 0 Å². The number of methoxy groups -OCH3 is 1. The number of halogens is 4. The van der Waals surface area contributed by atoms with E-state index in [1.807, 2.05) is 42.6 Å². The van der Waals surface area contributed by atoms with Crippen LogP contribution < -0.4 is 16.0 Å². The fourth-order valence-corrected chi connectivity index (χ4v) is 3.89. The molecular formula is C27H33ClF3N7O4. The standard InChI is InChI=1S/C13H17F3N4O2.C8H11N3O2.C6H5Cl/c1-17-11-5-8(3-4-18-11)9(7-22-2)20-6-10(13(14,15)16)19-12(20)21;1-2-11-7(3-4-10-11)8(13)9-5-6-12;7-6-4-2-1-3-5-6/h3-5,9-10H,6-7H2,1-2H3,(H,17,18)(H,19,21);3-4,6H,2,5H2,1H3,(H,9,13);1-5H. The van der Waals surface area contributed by atoms with Gasteiger partial charge in [0.25, 0.3) is 5.91 Å². The zero-order valence-corrected chi connectivity index (χ0v) is 24.0. The minimum Gasteiger partial charge on any atom is -0.382 e. The van der Waals surface area contributed by atoms with E-state index in [4.69, 9.17) is 16.3 Å². The molecule has 42 heavy (non-hydrogen) atoms. The van der Waals surface area contributed by atoms with Gasteiger partial charge in [0.05, 0.1) is 25.7 Å². The first-order chi connectivity index (χ1) is 20.0. The van der Waals surface area contributed by atoms with Crippen molar-refractivity contribution in [3.63, 3.8) is 0 Å². The lowest BCUT2D eigenvalue weighted by Gasteiger charge is -2.27. The van der Waals surface area contributed by atoms with E-state index in [0.717, 1.165) is 9.92 Å². The van der Waals surface area contributed by atoms with Crippen LogP contribution in [0.25, 0.3) is 0 Å². The van der Waals surface area contributed by atoms with E-state index < -0.39 is 30.8 Å². The maximum atomic E-state index is 12.8. The van der Waals surface area contributed by atoms with Crippen LogP contribution in [0.5, 0.6) is 0 Å². The van der Waals surface area contributed by atoms with Crippen LogP contribution in [0, 0.1) is 0 Å². The van der Waals surface area contributed by atoms with Crippen LogP contribution in [0.3, 0.4) is 0 Å². The molecule has 2 aromatic heterocycles. The number of hydrogen-bond donors (Lipinski definition) is 3. The second kappa shape index (κ2) is 16.9. The van der Waals surface area contributed by atoms with E-state index in [2.05, 4.69) is 20.7 Å². The molecule has 4 rings (SSSR count). The highest BCUT2D eigenvalue weighted by atomic mass is 35.5. The van der Waals surface area contributed by atoms with Crippen molar-refractivity contribution in [3.8, 4) is 0 Å². The Bertz CT molecular complexity index is 1280. The first kappa shape index (κ1) is 34.0. The number of urea groups is 1. The molecule has 3 aromatic rings. The summed E-state index contributed by atoms with van der Waals surface area (Å²) in [6.45, 7) is 2.20. The summed E-state index contributed by atoms with van der Waals surface area (Å²) >= 11 is 5.54. The highest BCUT2D eigenvalue weighted by molar-refractivity contribution is 6.30. The van der Waals surface area contributed by atoms with Crippen LogP contribution in [-0.2, 0) is 16.1 Å². The number of aromatic nitrogens is 3. The number of carbonyl (C=O) groups is 3. The van der Waals surface area contributed by atoms with Gasteiger partial charge in [-0.1, -0.05) is 29.8 Å². The number of hydrogen-bond acceptors (Lipinski definition) is 7. The molecule has 1 aliphatic heterocycles. The van der Waals surface area contributed by atoms with Gasteiger partial charge >= 0.3 is 12.2 Å². The van der Waals surface area contributed by atoms with Gasteiger partial charge in [0.1, 0.15) is 23.8 Å². The molecule has 0 bridgehead atoms. The fourth-order valence-electron chi connectivity index (χ4n) is 3.74. The van der Waals surface area contributed by atoms with Gasteiger partial charge < -0.3 is 30.4 Å². The minimum absolute atomic E-state index is 0.0354. The Balaban J connectivity index is 0.000000258. The molecule has 1 fully saturated rings. The Hall–Kier alpha value is -4.17. The van der Waals surface area contributed by atoms with Crippen LogP contribution in [-0.4, -0.2) is 84.0 Å². The predicted molar refractivity (Wildman–Crippen MR) is 151 cm³/mol. The molecule has 0 spiro atoms. The first-order valence-electron chi connectivity index (χ1n) is 12.8. The third kappa shape index (κ3) is 10.3. The lowest BCUT2D eigenvalue weighted by molar-refractivity contribution is -0.150. The van der Waals surface area contributed by atoms with E-state index in [-0.39, 0.29) is 19.1 Å². The number of nitrogens with one attached hydrogen (secondary N) is 3. The Kier molecular flexibility index (Phi) is 13.7. The first-order valence-corrected chi connectivity index (χ1v) is 13.1. The number of aryl methyl sites for hydroxylation is 1. The molecule has 0 saturated carbocycles. The predicted octanol–water partition coefficient (Wildman–Crippen LogP) is 3.94. The monoisotopic (exact) mass is 611 g/mol. The van der Waals surface area contributed by atoms with Gasteiger partial charge in [-0.05, 0) is 42.8 Å². The third-order valence-electron chi connectivity index (χ3n) is 5.79. The van der Waals surface area contributed by atoms with Gasteiger partial charge in [-0.2, -0.15) is 18.3 Å².